The van der Waals surface area contributed by atoms with Gasteiger partial charge in [-0.3, -0.25) is 0 Å². The molecule has 0 amide bonds. The summed E-state index contributed by atoms with van der Waals surface area (Å²) in [5, 5.41) is 17.0. The zero-order chi connectivity index (χ0) is 16.3. The summed E-state index contributed by atoms with van der Waals surface area (Å²) in [4.78, 5) is 8.69. The molecule has 2 aliphatic rings. The van der Waals surface area contributed by atoms with Gasteiger partial charge in [-0.25, -0.2) is 9.50 Å². The molecule has 0 atom stereocenters. The van der Waals surface area contributed by atoms with E-state index in [1.54, 1.807) is 4.52 Å². The standard InChI is InChI=1S/C16H17ClN6O/c17-15-20-14(12-2-1-3-23(12)21-15)19-13-8-22(9-18-13)10-4-16(5-10)6-11(24)7-16/h1-3,8-11,24H,4-7H2,(H,19,20,21). The molecule has 1 spiro atoms. The van der Waals surface area contributed by atoms with Crippen molar-refractivity contribution >= 4 is 28.8 Å². The van der Waals surface area contributed by atoms with Crippen LogP contribution in [0, 0.1) is 5.41 Å². The van der Waals surface area contributed by atoms with Crippen LogP contribution < -0.4 is 5.32 Å². The van der Waals surface area contributed by atoms with E-state index in [-0.39, 0.29) is 11.4 Å². The molecule has 24 heavy (non-hydrogen) atoms. The summed E-state index contributed by atoms with van der Waals surface area (Å²) in [5.74, 6) is 1.37. The Hall–Kier alpha value is -2.12. The Bertz CT molecular complexity index is 904. The van der Waals surface area contributed by atoms with E-state index in [2.05, 4.69) is 25.0 Å². The van der Waals surface area contributed by atoms with Gasteiger partial charge in [-0.1, -0.05) is 0 Å². The minimum atomic E-state index is -0.0852. The third kappa shape index (κ3) is 2.19. The first-order valence-electron chi connectivity index (χ1n) is 8.10. The second kappa shape index (κ2) is 4.94. The van der Waals surface area contributed by atoms with Gasteiger partial charge < -0.3 is 15.0 Å². The Kier molecular flexibility index (Phi) is 2.93. The van der Waals surface area contributed by atoms with Crippen LogP contribution in [0.4, 0.5) is 11.6 Å². The molecule has 2 aliphatic carbocycles. The van der Waals surface area contributed by atoms with E-state index < -0.39 is 0 Å². The number of imidazole rings is 1. The largest absolute Gasteiger partial charge is 0.393 e. The van der Waals surface area contributed by atoms with Crippen LogP contribution in [0.25, 0.3) is 5.52 Å². The monoisotopic (exact) mass is 344 g/mol. The maximum atomic E-state index is 9.51. The number of hydrogen-bond acceptors (Lipinski definition) is 5. The van der Waals surface area contributed by atoms with Crippen molar-refractivity contribution in [2.24, 2.45) is 5.41 Å². The van der Waals surface area contributed by atoms with Gasteiger partial charge in [0.15, 0.2) is 5.82 Å². The Morgan fingerprint density at radius 2 is 2.12 bits per heavy atom. The number of aliphatic hydroxyl groups excluding tert-OH is 1. The predicted molar refractivity (Wildman–Crippen MR) is 89.5 cm³/mol. The van der Waals surface area contributed by atoms with Crippen LogP contribution in [-0.4, -0.2) is 35.4 Å². The lowest BCUT2D eigenvalue weighted by Gasteiger charge is -2.56. The number of aromatic nitrogens is 5. The summed E-state index contributed by atoms with van der Waals surface area (Å²) in [6.45, 7) is 0. The van der Waals surface area contributed by atoms with Crippen LogP contribution in [-0.2, 0) is 0 Å². The van der Waals surface area contributed by atoms with Crippen molar-refractivity contribution in [2.45, 2.75) is 37.8 Å². The zero-order valence-electron chi connectivity index (χ0n) is 12.9. The summed E-state index contributed by atoms with van der Waals surface area (Å²) < 4.78 is 3.84. The SMILES string of the molecule is OC1CC2(C1)CC(n1cnc(Nc3nc(Cl)nn4cccc34)c1)C2. The second-order valence-corrected chi connectivity index (χ2v) is 7.36. The van der Waals surface area contributed by atoms with Crippen molar-refractivity contribution in [3.8, 4) is 0 Å². The van der Waals surface area contributed by atoms with Crippen molar-refractivity contribution < 1.29 is 5.11 Å². The molecule has 3 aromatic rings. The van der Waals surface area contributed by atoms with Crippen molar-refractivity contribution in [1.82, 2.24) is 24.1 Å². The highest BCUT2D eigenvalue weighted by molar-refractivity contribution is 6.28. The topological polar surface area (TPSA) is 80.3 Å². The summed E-state index contributed by atoms with van der Waals surface area (Å²) in [6.07, 6.45) is 9.76. The lowest BCUT2D eigenvalue weighted by Crippen LogP contribution is -2.50. The molecule has 0 aliphatic heterocycles. The molecule has 3 heterocycles. The van der Waals surface area contributed by atoms with Gasteiger partial charge in [-0.05, 0) is 54.8 Å². The summed E-state index contributed by atoms with van der Waals surface area (Å²) in [5.41, 5.74) is 1.24. The molecule has 3 aromatic heterocycles. The molecule has 8 heteroatoms. The zero-order valence-corrected chi connectivity index (χ0v) is 13.7. The molecular weight excluding hydrogens is 328 g/mol. The molecule has 7 nitrogen and oxygen atoms in total. The van der Waals surface area contributed by atoms with Gasteiger partial charge in [0.25, 0.3) is 0 Å². The van der Waals surface area contributed by atoms with Crippen molar-refractivity contribution in [3.05, 3.63) is 36.1 Å². The van der Waals surface area contributed by atoms with E-state index in [4.69, 9.17) is 11.6 Å². The highest BCUT2D eigenvalue weighted by Gasteiger charge is 2.52. The van der Waals surface area contributed by atoms with Gasteiger partial charge in [0, 0.05) is 18.4 Å². The Balaban J connectivity index is 1.34. The number of anilines is 2. The minimum absolute atomic E-state index is 0.0852. The van der Waals surface area contributed by atoms with Gasteiger partial charge in [-0.15, -0.1) is 5.10 Å². The third-order valence-electron chi connectivity index (χ3n) is 5.31. The van der Waals surface area contributed by atoms with E-state index in [1.807, 2.05) is 30.9 Å². The maximum absolute atomic E-state index is 9.51. The summed E-state index contributed by atoms with van der Waals surface area (Å²) in [7, 11) is 0. The first-order chi connectivity index (χ1) is 11.6. The third-order valence-corrected chi connectivity index (χ3v) is 5.47. The smallest absolute Gasteiger partial charge is 0.243 e. The summed E-state index contributed by atoms with van der Waals surface area (Å²) in [6, 6.07) is 4.29. The Morgan fingerprint density at radius 1 is 1.29 bits per heavy atom. The van der Waals surface area contributed by atoms with Crippen molar-refractivity contribution in [2.75, 3.05) is 5.32 Å². The molecular formula is C16H17ClN6O. The average molecular weight is 345 g/mol. The predicted octanol–water partition coefficient (Wildman–Crippen LogP) is 2.80. The van der Waals surface area contributed by atoms with Crippen LogP contribution in [0.15, 0.2) is 30.9 Å². The second-order valence-electron chi connectivity index (χ2n) is 7.02. The Labute approximate surface area is 143 Å². The number of aliphatic hydroxyl groups is 1. The first-order valence-corrected chi connectivity index (χ1v) is 8.48. The van der Waals surface area contributed by atoms with Crippen LogP contribution in [0.1, 0.15) is 31.7 Å². The van der Waals surface area contributed by atoms with Crippen molar-refractivity contribution in [1.29, 1.82) is 0 Å². The average Bonchev–Trinajstić information content (AvgIpc) is 3.10. The van der Waals surface area contributed by atoms with E-state index in [0.717, 1.165) is 37.0 Å². The molecule has 2 saturated carbocycles. The summed E-state index contributed by atoms with van der Waals surface area (Å²) >= 11 is 5.97. The maximum Gasteiger partial charge on any atom is 0.243 e. The van der Waals surface area contributed by atoms with Crippen LogP contribution in [0.5, 0.6) is 0 Å². The molecule has 2 fully saturated rings. The van der Waals surface area contributed by atoms with Crippen LogP contribution in [0.3, 0.4) is 0 Å². The fourth-order valence-corrected chi connectivity index (χ4v) is 4.31. The number of halogens is 1. The molecule has 5 rings (SSSR count). The molecule has 0 saturated heterocycles. The van der Waals surface area contributed by atoms with Crippen LogP contribution >= 0.6 is 11.6 Å². The van der Waals surface area contributed by atoms with Crippen LogP contribution in [0.2, 0.25) is 5.28 Å². The molecule has 0 aromatic carbocycles. The van der Waals surface area contributed by atoms with Crippen molar-refractivity contribution in [3.63, 3.8) is 0 Å². The van der Waals surface area contributed by atoms with E-state index in [0.29, 0.717) is 17.3 Å². The number of nitrogens with zero attached hydrogens (tertiary/aromatic N) is 5. The molecule has 124 valence electrons. The molecule has 0 bridgehead atoms. The molecule has 0 unspecified atom stereocenters. The fourth-order valence-electron chi connectivity index (χ4n) is 4.15. The lowest BCUT2D eigenvalue weighted by atomic mass is 9.53. The van der Waals surface area contributed by atoms with E-state index in [1.165, 1.54) is 0 Å². The molecule has 2 N–H and O–H groups in total. The number of hydrogen-bond donors (Lipinski definition) is 2. The Morgan fingerprint density at radius 3 is 2.92 bits per heavy atom. The fraction of sp³-hybridized carbons (Fsp3) is 0.438. The lowest BCUT2D eigenvalue weighted by molar-refractivity contribution is -0.106. The quantitative estimate of drug-likeness (QED) is 0.763. The normalized spacial score (nSPS) is 28.8. The minimum Gasteiger partial charge on any atom is -0.393 e. The van der Waals surface area contributed by atoms with Gasteiger partial charge >= 0.3 is 0 Å². The highest BCUT2D eigenvalue weighted by atomic mass is 35.5. The number of rotatable bonds is 3. The number of fused-ring (bicyclic) bond motifs is 1. The van der Waals surface area contributed by atoms with E-state index >= 15 is 0 Å². The molecule has 0 radical (unpaired) electrons. The van der Waals surface area contributed by atoms with E-state index in [9.17, 15) is 5.11 Å². The van der Waals surface area contributed by atoms with Gasteiger partial charge in [0.1, 0.15) is 11.3 Å². The van der Waals surface area contributed by atoms with Gasteiger partial charge in [0.2, 0.25) is 5.28 Å². The van der Waals surface area contributed by atoms with Gasteiger partial charge in [0.05, 0.1) is 12.4 Å². The first kappa shape index (κ1) is 14.2. The highest BCUT2D eigenvalue weighted by Crippen LogP contribution is 2.60. The number of nitrogens with one attached hydrogen (secondary N) is 1. The van der Waals surface area contributed by atoms with Gasteiger partial charge in [-0.2, -0.15) is 4.98 Å².